The van der Waals surface area contributed by atoms with Crippen LogP contribution in [0, 0.1) is 0 Å². The van der Waals surface area contributed by atoms with E-state index in [2.05, 4.69) is 27.0 Å². The Balaban J connectivity index is 2.00. The second kappa shape index (κ2) is 5.34. The average Bonchev–Trinajstić information content (AvgIpc) is 2.89. The number of nitrogens with zero attached hydrogens (tertiary/aromatic N) is 2. The molecule has 3 nitrogen and oxygen atoms in total. The van der Waals surface area contributed by atoms with Crippen LogP contribution in [-0.2, 0) is 4.79 Å². The maximum absolute atomic E-state index is 10.7. The number of anilines is 1. The number of carbonyl (C=O) groups excluding carboxylic acids is 1. The van der Waals surface area contributed by atoms with E-state index in [1.54, 1.807) is 23.3 Å². The summed E-state index contributed by atoms with van der Waals surface area (Å²) in [7, 11) is 1.73. The lowest BCUT2D eigenvalue weighted by Crippen LogP contribution is -2.13. The molecular weight excluding hydrogens is 336 g/mol. The van der Waals surface area contributed by atoms with Gasteiger partial charge in [-0.05, 0) is 42.5 Å². The SMILES string of the molecule is CN(C=O)c1ccc(-c2nc3ccc(Br)cc3s2)cc1. The number of amides is 1. The van der Waals surface area contributed by atoms with E-state index in [0.717, 1.165) is 37.4 Å². The average molecular weight is 347 g/mol. The topological polar surface area (TPSA) is 33.2 Å². The van der Waals surface area contributed by atoms with Crippen molar-refractivity contribution in [2.45, 2.75) is 0 Å². The molecule has 0 N–H and O–H groups in total. The van der Waals surface area contributed by atoms with Gasteiger partial charge in [-0.3, -0.25) is 4.79 Å². The van der Waals surface area contributed by atoms with Gasteiger partial charge >= 0.3 is 0 Å². The van der Waals surface area contributed by atoms with Gasteiger partial charge in [0.15, 0.2) is 0 Å². The van der Waals surface area contributed by atoms with Crippen molar-refractivity contribution in [3.05, 3.63) is 46.9 Å². The highest BCUT2D eigenvalue weighted by molar-refractivity contribution is 9.10. The number of aromatic nitrogens is 1. The fourth-order valence-corrected chi connectivity index (χ4v) is 3.44. The normalized spacial score (nSPS) is 10.7. The highest BCUT2D eigenvalue weighted by Gasteiger charge is 2.07. The molecule has 0 aliphatic heterocycles. The largest absolute Gasteiger partial charge is 0.318 e. The van der Waals surface area contributed by atoms with Gasteiger partial charge in [0.05, 0.1) is 10.2 Å². The van der Waals surface area contributed by atoms with E-state index in [-0.39, 0.29) is 0 Å². The van der Waals surface area contributed by atoms with E-state index >= 15 is 0 Å². The molecule has 0 aliphatic rings. The number of fused-ring (bicyclic) bond motifs is 1. The summed E-state index contributed by atoms with van der Waals surface area (Å²) in [4.78, 5) is 16.9. The molecule has 0 saturated heterocycles. The van der Waals surface area contributed by atoms with Gasteiger partial charge in [0.2, 0.25) is 6.41 Å². The van der Waals surface area contributed by atoms with Crippen LogP contribution in [0.2, 0.25) is 0 Å². The Morgan fingerprint density at radius 1 is 1.20 bits per heavy atom. The van der Waals surface area contributed by atoms with E-state index < -0.39 is 0 Å². The zero-order chi connectivity index (χ0) is 14.1. The van der Waals surface area contributed by atoms with Gasteiger partial charge in [-0.15, -0.1) is 11.3 Å². The Morgan fingerprint density at radius 2 is 1.95 bits per heavy atom. The lowest BCUT2D eigenvalue weighted by molar-refractivity contribution is -0.107. The summed E-state index contributed by atoms with van der Waals surface area (Å²) in [6.07, 6.45) is 0.796. The van der Waals surface area contributed by atoms with Crippen molar-refractivity contribution in [2.75, 3.05) is 11.9 Å². The standard InChI is InChI=1S/C15H11BrN2OS/c1-18(9-19)12-5-2-10(3-6-12)15-17-13-7-4-11(16)8-14(13)20-15/h2-9H,1H3. The molecule has 2 aromatic carbocycles. The third-order valence-electron chi connectivity index (χ3n) is 3.03. The van der Waals surface area contributed by atoms with Crippen molar-refractivity contribution < 1.29 is 4.79 Å². The Labute approximate surface area is 129 Å². The van der Waals surface area contributed by atoms with Gasteiger partial charge in [-0.1, -0.05) is 15.9 Å². The molecule has 0 radical (unpaired) electrons. The smallest absolute Gasteiger partial charge is 0.213 e. The predicted octanol–water partition coefficient (Wildman–Crippen LogP) is 4.32. The fraction of sp³-hybridized carbons (Fsp3) is 0.0667. The highest BCUT2D eigenvalue weighted by Crippen LogP contribution is 2.32. The Morgan fingerprint density at radius 3 is 2.65 bits per heavy atom. The minimum absolute atomic E-state index is 0.796. The number of halogens is 1. The van der Waals surface area contributed by atoms with Crippen LogP contribution in [0.1, 0.15) is 0 Å². The summed E-state index contributed by atoms with van der Waals surface area (Å²) in [5.74, 6) is 0. The van der Waals surface area contributed by atoms with E-state index in [9.17, 15) is 4.79 Å². The Bertz CT molecular complexity index is 767. The number of rotatable bonds is 3. The van der Waals surface area contributed by atoms with Gasteiger partial charge in [-0.25, -0.2) is 4.98 Å². The minimum Gasteiger partial charge on any atom is -0.318 e. The van der Waals surface area contributed by atoms with E-state index in [1.807, 2.05) is 36.4 Å². The van der Waals surface area contributed by atoms with Crippen LogP contribution in [0.4, 0.5) is 5.69 Å². The molecule has 0 saturated carbocycles. The van der Waals surface area contributed by atoms with Crippen molar-refractivity contribution in [2.24, 2.45) is 0 Å². The molecule has 1 amide bonds. The Kier molecular flexibility index (Phi) is 3.54. The Hall–Kier alpha value is -1.72. The van der Waals surface area contributed by atoms with Crippen LogP contribution in [0.25, 0.3) is 20.8 Å². The number of hydrogen-bond donors (Lipinski definition) is 0. The molecule has 0 unspecified atom stereocenters. The molecule has 3 rings (SSSR count). The molecule has 20 heavy (non-hydrogen) atoms. The lowest BCUT2D eigenvalue weighted by Gasteiger charge is -2.10. The summed E-state index contributed by atoms with van der Waals surface area (Å²) < 4.78 is 2.21. The molecule has 0 spiro atoms. The van der Waals surface area contributed by atoms with Crippen molar-refractivity contribution >= 4 is 49.6 Å². The van der Waals surface area contributed by atoms with Crippen LogP contribution in [0.3, 0.4) is 0 Å². The number of hydrogen-bond acceptors (Lipinski definition) is 3. The molecule has 3 aromatic rings. The van der Waals surface area contributed by atoms with Gasteiger partial charge in [0, 0.05) is 22.8 Å². The van der Waals surface area contributed by atoms with Crippen molar-refractivity contribution in [1.29, 1.82) is 0 Å². The van der Waals surface area contributed by atoms with Crippen LogP contribution in [0.15, 0.2) is 46.9 Å². The van der Waals surface area contributed by atoms with Gasteiger partial charge in [0.25, 0.3) is 0 Å². The highest BCUT2D eigenvalue weighted by atomic mass is 79.9. The molecule has 0 bridgehead atoms. The maximum atomic E-state index is 10.7. The van der Waals surface area contributed by atoms with E-state index in [0.29, 0.717) is 0 Å². The molecule has 100 valence electrons. The molecule has 0 atom stereocenters. The van der Waals surface area contributed by atoms with Crippen molar-refractivity contribution in [3.63, 3.8) is 0 Å². The van der Waals surface area contributed by atoms with E-state index in [4.69, 9.17) is 0 Å². The lowest BCUT2D eigenvalue weighted by atomic mass is 10.2. The first kappa shape index (κ1) is 13.3. The van der Waals surface area contributed by atoms with Gasteiger partial charge in [-0.2, -0.15) is 0 Å². The van der Waals surface area contributed by atoms with Gasteiger partial charge in [0.1, 0.15) is 5.01 Å². The van der Waals surface area contributed by atoms with Crippen molar-refractivity contribution in [1.82, 2.24) is 4.98 Å². The molecule has 0 fully saturated rings. The minimum atomic E-state index is 0.796. The predicted molar refractivity (Wildman–Crippen MR) is 87.2 cm³/mol. The first-order valence-electron chi connectivity index (χ1n) is 6.02. The first-order chi connectivity index (χ1) is 9.67. The number of thiazole rings is 1. The molecule has 5 heteroatoms. The maximum Gasteiger partial charge on any atom is 0.213 e. The summed E-state index contributed by atoms with van der Waals surface area (Å²) in [5.41, 5.74) is 2.93. The van der Waals surface area contributed by atoms with E-state index in [1.165, 1.54) is 0 Å². The molecular formula is C15H11BrN2OS. The fourth-order valence-electron chi connectivity index (χ4n) is 1.92. The van der Waals surface area contributed by atoms with Crippen LogP contribution in [0.5, 0.6) is 0 Å². The van der Waals surface area contributed by atoms with Crippen LogP contribution < -0.4 is 4.90 Å². The molecule has 1 heterocycles. The number of carbonyl (C=O) groups is 1. The third-order valence-corrected chi connectivity index (χ3v) is 4.59. The molecule has 1 aromatic heterocycles. The third kappa shape index (κ3) is 2.46. The molecule has 0 aliphatic carbocycles. The summed E-state index contributed by atoms with van der Waals surface area (Å²) >= 11 is 5.13. The first-order valence-corrected chi connectivity index (χ1v) is 7.63. The van der Waals surface area contributed by atoms with Gasteiger partial charge < -0.3 is 4.90 Å². The zero-order valence-electron chi connectivity index (χ0n) is 10.7. The second-order valence-corrected chi connectivity index (χ2v) is 6.34. The quantitative estimate of drug-likeness (QED) is 0.661. The summed E-state index contributed by atoms with van der Waals surface area (Å²) in [6.45, 7) is 0. The summed E-state index contributed by atoms with van der Waals surface area (Å²) in [5, 5.41) is 0.985. The second-order valence-electron chi connectivity index (χ2n) is 4.39. The monoisotopic (exact) mass is 346 g/mol. The zero-order valence-corrected chi connectivity index (χ0v) is 13.1. The van der Waals surface area contributed by atoms with Crippen LogP contribution in [-0.4, -0.2) is 18.4 Å². The van der Waals surface area contributed by atoms with Crippen LogP contribution >= 0.6 is 27.3 Å². The number of benzene rings is 2. The summed E-state index contributed by atoms with van der Waals surface area (Å²) in [6, 6.07) is 13.9. The van der Waals surface area contributed by atoms with Crippen molar-refractivity contribution in [3.8, 4) is 10.6 Å².